The van der Waals surface area contributed by atoms with Gasteiger partial charge in [0.05, 0.1) is 6.42 Å². The van der Waals surface area contributed by atoms with E-state index in [0.717, 1.165) is 22.3 Å². The zero-order valence-corrected chi connectivity index (χ0v) is 19.8. The van der Waals surface area contributed by atoms with E-state index in [-0.39, 0.29) is 30.8 Å². The van der Waals surface area contributed by atoms with Crippen LogP contribution < -0.4 is 5.32 Å². The van der Waals surface area contributed by atoms with Gasteiger partial charge in [-0.1, -0.05) is 60.0 Å². The minimum atomic E-state index is -0.586. The standard InChI is InChI=1S/C24H30Cl2N2O2/c1-6-22(24(30)27-15(2)3)28(14-18-9-10-20(25)13-21(18)26)23(29)12-19-11-16(4)7-8-17(19)5/h7-11,13,15,22H,6,12,14H2,1-5H3,(H,27,30). The molecule has 2 aromatic rings. The van der Waals surface area contributed by atoms with Crippen molar-refractivity contribution in [2.24, 2.45) is 0 Å². The zero-order valence-electron chi connectivity index (χ0n) is 18.3. The minimum absolute atomic E-state index is 0.0124. The first-order valence-electron chi connectivity index (χ1n) is 10.2. The Hall–Kier alpha value is -2.04. The highest BCUT2D eigenvalue weighted by Crippen LogP contribution is 2.24. The van der Waals surface area contributed by atoms with Crippen LogP contribution in [0.5, 0.6) is 0 Å². The van der Waals surface area contributed by atoms with Crippen LogP contribution in [0.4, 0.5) is 0 Å². The Morgan fingerprint density at radius 3 is 2.33 bits per heavy atom. The van der Waals surface area contributed by atoms with Gasteiger partial charge in [-0.25, -0.2) is 0 Å². The quantitative estimate of drug-likeness (QED) is 0.580. The molecule has 1 N–H and O–H groups in total. The maximum atomic E-state index is 13.4. The Labute approximate surface area is 189 Å². The molecule has 0 spiro atoms. The van der Waals surface area contributed by atoms with Gasteiger partial charge in [-0.3, -0.25) is 9.59 Å². The van der Waals surface area contributed by atoms with Gasteiger partial charge in [0.2, 0.25) is 11.8 Å². The smallest absolute Gasteiger partial charge is 0.243 e. The van der Waals surface area contributed by atoms with E-state index in [1.165, 1.54) is 0 Å². The van der Waals surface area contributed by atoms with Crippen LogP contribution in [-0.4, -0.2) is 28.8 Å². The Morgan fingerprint density at radius 1 is 1.03 bits per heavy atom. The maximum Gasteiger partial charge on any atom is 0.243 e. The summed E-state index contributed by atoms with van der Waals surface area (Å²) in [7, 11) is 0. The molecule has 0 bridgehead atoms. The van der Waals surface area contributed by atoms with Crippen LogP contribution in [0.15, 0.2) is 36.4 Å². The number of hydrogen-bond acceptors (Lipinski definition) is 2. The van der Waals surface area contributed by atoms with Crippen LogP contribution in [-0.2, 0) is 22.6 Å². The number of amides is 2. The van der Waals surface area contributed by atoms with Crippen molar-refractivity contribution in [3.63, 3.8) is 0 Å². The molecule has 2 amide bonds. The molecule has 4 nitrogen and oxygen atoms in total. The highest BCUT2D eigenvalue weighted by molar-refractivity contribution is 6.35. The van der Waals surface area contributed by atoms with E-state index in [1.54, 1.807) is 23.1 Å². The topological polar surface area (TPSA) is 49.4 Å². The van der Waals surface area contributed by atoms with E-state index < -0.39 is 6.04 Å². The summed E-state index contributed by atoms with van der Waals surface area (Å²) in [6.45, 7) is 9.96. The third-order valence-corrected chi connectivity index (χ3v) is 5.61. The molecular weight excluding hydrogens is 419 g/mol. The van der Waals surface area contributed by atoms with E-state index in [2.05, 4.69) is 5.32 Å². The number of aryl methyl sites for hydroxylation is 2. The second-order valence-corrected chi connectivity index (χ2v) is 8.80. The van der Waals surface area contributed by atoms with E-state index in [1.807, 2.05) is 52.8 Å². The van der Waals surface area contributed by atoms with Gasteiger partial charge in [0, 0.05) is 22.6 Å². The van der Waals surface area contributed by atoms with Crippen molar-refractivity contribution in [3.05, 3.63) is 68.7 Å². The lowest BCUT2D eigenvalue weighted by Crippen LogP contribution is -2.50. The number of benzene rings is 2. The Balaban J connectivity index is 2.38. The van der Waals surface area contributed by atoms with Crippen molar-refractivity contribution in [3.8, 4) is 0 Å². The molecule has 1 unspecified atom stereocenters. The third kappa shape index (κ3) is 6.48. The van der Waals surface area contributed by atoms with Crippen molar-refractivity contribution in [2.75, 3.05) is 0 Å². The van der Waals surface area contributed by atoms with E-state index in [0.29, 0.717) is 16.5 Å². The Morgan fingerprint density at radius 2 is 1.73 bits per heavy atom. The van der Waals surface area contributed by atoms with Crippen LogP contribution in [0, 0.1) is 13.8 Å². The van der Waals surface area contributed by atoms with Gasteiger partial charge in [0.1, 0.15) is 6.04 Å². The molecule has 0 aliphatic heterocycles. The number of hydrogen-bond donors (Lipinski definition) is 1. The summed E-state index contributed by atoms with van der Waals surface area (Å²) in [4.78, 5) is 27.9. The molecule has 0 aliphatic rings. The van der Waals surface area contributed by atoms with E-state index >= 15 is 0 Å². The summed E-state index contributed by atoms with van der Waals surface area (Å²) in [5.74, 6) is -0.271. The van der Waals surface area contributed by atoms with Gasteiger partial charge >= 0.3 is 0 Å². The molecule has 1 atom stereocenters. The van der Waals surface area contributed by atoms with Gasteiger partial charge in [0.25, 0.3) is 0 Å². The lowest BCUT2D eigenvalue weighted by molar-refractivity contribution is -0.141. The summed E-state index contributed by atoms with van der Waals surface area (Å²) in [5.41, 5.74) is 3.87. The molecule has 162 valence electrons. The predicted octanol–water partition coefficient (Wildman–Crippen LogP) is 5.48. The van der Waals surface area contributed by atoms with Gasteiger partial charge < -0.3 is 10.2 Å². The molecule has 0 aliphatic carbocycles. The summed E-state index contributed by atoms with van der Waals surface area (Å²) < 4.78 is 0. The molecule has 0 saturated heterocycles. The average Bonchev–Trinajstić information content (AvgIpc) is 2.65. The lowest BCUT2D eigenvalue weighted by Gasteiger charge is -2.31. The molecule has 0 radical (unpaired) electrons. The van der Waals surface area contributed by atoms with Gasteiger partial charge in [-0.15, -0.1) is 0 Å². The second-order valence-electron chi connectivity index (χ2n) is 7.95. The number of nitrogens with zero attached hydrogens (tertiary/aromatic N) is 1. The molecule has 2 aromatic carbocycles. The van der Waals surface area contributed by atoms with Crippen molar-refractivity contribution < 1.29 is 9.59 Å². The molecule has 6 heteroatoms. The highest BCUT2D eigenvalue weighted by Gasteiger charge is 2.29. The van der Waals surface area contributed by atoms with Crippen molar-refractivity contribution >= 4 is 35.0 Å². The predicted molar refractivity (Wildman–Crippen MR) is 124 cm³/mol. The molecule has 0 fully saturated rings. The number of carbonyl (C=O) groups is 2. The van der Waals surface area contributed by atoms with E-state index in [4.69, 9.17) is 23.2 Å². The van der Waals surface area contributed by atoms with Gasteiger partial charge in [-0.05, 0) is 62.9 Å². The summed E-state index contributed by atoms with van der Waals surface area (Å²) in [6.07, 6.45) is 0.729. The number of carbonyl (C=O) groups excluding carboxylic acids is 2. The van der Waals surface area contributed by atoms with E-state index in [9.17, 15) is 9.59 Å². The minimum Gasteiger partial charge on any atom is -0.352 e. The monoisotopic (exact) mass is 448 g/mol. The van der Waals surface area contributed by atoms with Crippen LogP contribution >= 0.6 is 23.2 Å². The summed E-state index contributed by atoms with van der Waals surface area (Å²) >= 11 is 12.4. The van der Waals surface area contributed by atoms with Gasteiger partial charge in [0.15, 0.2) is 0 Å². The molecule has 2 rings (SSSR count). The molecular formula is C24H30Cl2N2O2. The molecule has 0 saturated carbocycles. The zero-order chi connectivity index (χ0) is 22.4. The maximum absolute atomic E-state index is 13.4. The average molecular weight is 449 g/mol. The lowest BCUT2D eigenvalue weighted by atomic mass is 10.0. The highest BCUT2D eigenvalue weighted by atomic mass is 35.5. The van der Waals surface area contributed by atoms with Crippen LogP contribution in [0.25, 0.3) is 0 Å². The SMILES string of the molecule is CCC(C(=O)NC(C)C)N(Cc1ccc(Cl)cc1Cl)C(=O)Cc1cc(C)ccc1C. The fraction of sp³-hybridized carbons (Fsp3) is 0.417. The van der Waals surface area contributed by atoms with Crippen LogP contribution in [0.3, 0.4) is 0 Å². The van der Waals surface area contributed by atoms with Crippen molar-refractivity contribution in [1.29, 1.82) is 0 Å². The van der Waals surface area contributed by atoms with Crippen molar-refractivity contribution in [1.82, 2.24) is 10.2 Å². The summed E-state index contributed by atoms with van der Waals surface area (Å²) in [5, 5.41) is 3.94. The molecule has 30 heavy (non-hydrogen) atoms. The number of halogens is 2. The van der Waals surface area contributed by atoms with Crippen LogP contribution in [0.1, 0.15) is 49.4 Å². The first-order chi connectivity index (χ1) is 14.1. The molecule has 0 heterocycles. The second kappa shape index (κ2) is 10.8. The Kier molecular flexibility index (Phi) is 8.75. The molecule has 0 aromatic heterocycles. The summed E-state index contributed by atoms with van der Waals surface area (Å²) in [6, 6.07) is 10.7. The largest absolute Gasteiger partial charge is 0.352 e. The first-order valence-corrected chi connectivity index (χ1v) is 11.0. The fourth-order valence-electron chi connectivity index (χ4n) is 3.39. The fourth-order valence-corrected chi connectivity index (χ4v) is 3.86. The van der Waals surface area contributed by atoms with Gasteiger partial charge in [-0.2, -0.15) is 0 Å². The third-order valence-electron chi connectivity index (χ3n) is 5.02. The van der Waals surface area contributed by atoms with Crippen LogP contribution in [0.2, 0.25) is 10.0 Å². The number of nitrogens with one attached hydrogen (secondary N) is 1. The normalized spacial score (nSPS) is 12.0. The first kappa shape index (κ1) is 24.2. The number of rotatable bonds is 8. The Bertz CT molecular complexity index is 912. The van der Waals surface area contributed by atoms with Crippen molar-refractivity contribution in [2.45, 2.75) is 66.1 Å².